The molecule has 1 N–H and O–H groups in total. The van der Waals surface area contributed by atoms with Crippen LogP contribution in [0.3, 0.4) is 0 Å². The van der Waals surface area contributed by atoms with Gasteiger partial charge in [0.05, 0.1) is 17.2 Å². The van der Waals surface area contributed by atoms with Gasteiger partial charge in [0.1, 0.15) is 5.69 Å². The van der Waals surface area contributed by atoms with Crippen molar-refractivity contribution in [2.45, 2.75) is 26.3 Å². The van der Waals surface area contributed by atoms with E-state index in [1.54, 1.807) is 34.2 Å². The lowest BCUT2D eigenvalue weighted by Crippen LogP contribution is -2.08. The zero-order chi connectivity index (χ0) is 12.3. The Kier molecular flexibility index (Phi) is 3.58. The van der Waals surface area contributed by atoms with E-state index in [4.69, 9.17) is 5.11 Å². The van der Waals surface area contributed by atoms with Crippen LogP contribution in [0.15, 0.2) is 23.7 Å². The van der Waals surface area contributed by atoms with Crippen molar-refractivity contribution in [3.8, 4) is 0 Å². The van der Waals surface area contributed by atoms with Gasteiger partial charge in [-0.15, -0.1) is 11.3 Å². The number of nitrogens with zero attached hydrogens (tertiary/aromatic N) is 2. The number of carboxylic acids is 1. The van der Waals surface area contributed by atoms with Crippen LogP contribution in [0.1, 0.15) is 34.5 Å². The molecule has 2 heterocycles. The number of aromatic nitrogens is 2. The fraction of sp³-hybridized carbons (Fsp3) is 0.333. The molecular formula is C12H14N2O2S. The first-order valence-corrected chi connectivity index (χ1v) is 6.40. The number of hydrogen-bond acceptors (Lipinski definition) is 3. The summed E-state index contributed by atoms with van der Waals surface area (Å²) in [5.41, 5.74) is 1.23. The van der Waals surface area contributed by atoms with Crippen molar-refractivity contribution >= 4 is 17.3 Å². The molecule has 5 heteroatoms. The van der Waals surface area contributed by atoms with Crippen molar-refractivity contribution in [1.29, 1.82) is 0 Å². The maximum atomic E-state index is 10.9. The summed E-state index contributed by atoms with van der Waals surface area (Å²) in [6.45, 7) is 2.64. The van der Waals surface area contributed by atoms with Crippen molar-refractivity contribution in [2.75, 3.05) is 0 Å². The topological polar surface area (TPSA) is 55.1 Å². The SMILES string of the molecule is CCCc1nc(Cn2cccc2C(=O)O)cs1. The Hall–Kier alpha value is -1.62. The molecule has 0 aliphatic carbocycles. The number of rotatable bonds is 5. The lowest BCUT2D eigenvalue weighted by atomic mass is 10.3. The van der Waals surface area contributed by atoms with Gasteiger partial charge in [0.25, 0.3) is 0 Å². The van der Waals surface area contributed by atoms with Crippen LogP contribution >= 0.6 is 11.3 Å². The molecule has 2 aromatic rings. The third kappa shape index (κ3) is 2.74. The summed E-state index contributed by atoms with van der Waals surface area (Å²) in [4.78, 5) is 15.4. The highest BCUT2D eigenvalue weighted by Gasteiger charge is 2.10. The predicted octanol–water partition coefficient (Wildman–Crippen LogP) is 2.64. The van der Waals surface area contributed by atoms with Crippen LogP contribution in [-0.2, 0) is 13.0 Å². The molecule has 0 unspecified atom stereocenters. The van der Waals surface area contributed by atoms with E-state index < -0.39 is 5.97 Å². The number of thiazole rings is 1. The summed E-state index contributed by atoms with van der Waals surface area (Å²) in [6, 6.07) is 3.34. The van der Waals surface area contributed by atoms with Gasteiger partial charge in [0.15, 0.2) is 0 Å². The van der Waals surface area contributed by atoms with E-state index in [9.17, 15) is 4.79 Å². The number of aromatic carboxylic acids is 1. The first kappa shape index (κ1) is 11.9. The van der Waals surface area contributed by atoms with Crippen molar-refractivity contribution in [1.82, 2.24) is 9.55 Å². The van der Waals surface area contributed by atoms with E-state index in [1.165, 1.54) is 0 Å². The Bertz CT molecular complexity index is 516. The summed E-state index contributed by atoms with van der Waals surface area (Å²) < 4.78 is 1.70. The minimum atomic E-state index is -0.904. The summed E-state index contributed by atoms with van der Waals surface area (Å²) in [6.07, 6.45) is 3.83. The van der Waals surface area contributed by atoms with E-state index >= 15 is 0 Å². The Morgan fingerprint density at radius 1 is 1.59 bits per heavy atom. The quantitative estimate of drug-likeness (QED) is 0.887. The normalized spacial score (nSPS) is 10.6. The monoisotopic (exact) mass is 250 g/mol. The number of aryl methyl sites for hydroxylation is 1. The standard InChI is InChI=1S/C12H14N2O2S/c1-2-4-11-13-9(8-17-11)7-14-6-3-5-10(14)12(15)16/h3,5-6,8H,2,4,7H2,1H3,(H,15,16). The molecule has 4 nitrogen and oxygen atoms in total. The van der Waals surface area contributed by atoms with Crippen molar-refractivity contribution < 1.29 is 9.90 Å². The maximum Gasteiger partial charge on any atom is 0.352 e. The third-order valence-electron chi connectivity index (χ3n) is 2.44. The van der Waals surface area contributed by atoms with Gasteiger partial charge in [0, 0.05) is 11.6 Å². The van der Waals surface area contributed by atoms with Crippen LogP contribution in [0.25, 0.3) is 0 Å². The highest BCUT2D eigenvalue weighted by Crippen LogP contribution is 2.14. The molecule has 0 aromatic carbocycles. The van der Waals surface area contributed by atoms with Crippen LogP contribution < -0.4 is 0 Å². The molecule has 0 spiro atoms. The lowest BCUT2D eigenvalue weighted by Gasteiger charge is -2.03. The fourth-order valence-corrected chi connectivity index (χ4v) is 2.56. The molecule has 0 aliphatic heterocycles. The van der Waals surface area contributed by atoms with Crippen molar-refractivity contribution in [3.63, 3.8) is 0 Å². The van der Waals surface area contributed by atoms with Gasteiger partial charge in [-0.05, 0) is 25.0 Å². The average Bonchev–Trinajstić information content (AvgIpc) is 2.89. The lowest BCUT2D eigenvalue weighted by molar-refractivity contribution is 0.0685. The van der Waals surface area contributed by atoms with Gasteiger partial charge < -0.3 is 9.67 Å². The molecule has 2 aromatic heterocycles. The van der Waals surface area contributed by atoms with Gasteiger partial charge in [-0.25, -0.2) is 9.78 Å². The third-order valence-corrected chi connectivity index (χ3v) is 3.40. The number of carboxylic acid groups (broad SMARTS) is 1. The van der Waals surface area contributed by atoms with Crippen molar-refractivity contribution in [3.05, 3.63) is 40.1 Å². The molecule has 0 amide bonds. The van der Waals surface area contributed by atoms with E-state index in [2.05, 4.69) is 11.9 Å². The number of hydrogen-bond donors (Lipinski definition) is 1. The first-order chi connectivity index (χ1) is 8.20. The highest BCUT2D eigenvalue weighted by molar-refractivity contribution is 7.09. The Balaban J connectivity index is 2.14. The molecular weight excluding hydrogens is 236 g/mol. The zero-order valence-electron chi connectivity index (χ0n) is 9.59. The zero-order valence-corrected chi connectivity index (χ0v) is 10.4. The fourth-order valence-electron chi connectivity index (χ4n) is 1.67. The smallest absolute Gasteiger partial charge is 0.352 e. The molecule has 0 radical (unpaired) electrons. The predicted molar refractivity (Wildman–Crippen MR) is 66.6 cm³/mol. The minimum absolute atomic E-state index is 0.301. The van der Waals surface area contributed by atoms with Gasteiger partial charge in [-0.2, -0.15) is 0 Å². The molecule has 17 heavy (non-hydrogen) atoms. The molecule has 0 atom stereocenters. The Morgan fingerprint density at radius 3 is 3.12 bits per heavy atom. The van der Waals surface area contributed by atoms with Gasteiger partial charge >= 0.3 is 5.97 Å². The molecule has 0 bridgehead atoms. The van der Waals surface area contributed by atoms with E-state index in [1.807, 2.05) is 5.38 Å². The van der Waals surface area contributed by atoms with E-state index in [0.717, 1.165) is 23.5 Å². The van der Waals surface area contributed by atoms with Gasteiger partial charge in [-0.1, -0.05) is 6.92 Å². The van der Waals surface area contributed by atoms with E-state index in [-0.39, 0.29) is 0 Å². The summed E-state index contributed by atoms with van der Waals surface area (Å²) in [5.74, 6) is -0.904. The van der Waals surface area contributed by atoms with Crippen LogP contribution in [-0.4, -0.2) is 20.6 Å². The minimum Gasteiger partial charge on any atom is -0.477 e. The van der Waals surface area contributed by atoms with Crippen LogP contribution in [0.5, 0.6) is 0 Å². The Morgan fingerprint density at radius 2 is 2.41 bits per heavy atom. The molecule has 0 aliphatic rings. The second-order valence-corrected chi connectivity index (χ2v) is 4.75. The Labute approximate surface area is 104 Å². The first-order valence-electron chi connectivity index (χ1n) is 5.52. The van der Waals surface area contributed by atoms with Gasteiger partial charge in [-0.3, -0.25) is 0 Å². The maximum absolute atomic E-state index is 10.9. The van der Waals surface area contributed by atoms with Crippen molar-refractivity contribution in [2.24, 2.45) is 0 Å². The van der Waals surface area contributed by atoms with Gasteiger partial charge in [0.2, 0.25) is 0 Å². The van der Waals surface area contributed by atoms with Crippen LogP contribution in [0.2, 0.25) is 0 Å². The summed E-state index contributed by atoms with van der Waals surface area (Å²) in [5, 5.41) is 12.1. The van der Waals surface area contributed by atoms with E-state index in [0.29, 0.717) is 12.2 Å². The molecule has 0 saturated carbocycles. The second-order valence-electron chi connectivity index (χ2n) is 3.81. The largest absolute Gasteiger partial charge is 0.477 e. The van der Waals surface area contributed by atoms with Crippen LogP contribution in [0.4, 0.5) is 0 Å². The average molecular weight is 250 g/mol. The summed E-state index contributed by atoms with van der Waals surface area (Å²) in [7, 11) is 0. The summed E-state index contributed by atoms with van der Waals surface area (Å²) >= 11 is 1.64. The highest BCUT2D eigenvalue weighted by atomic mass is 32.1. The second kappa shape index (κ2) is 5.14. The molecule has 90 valence electrons. The molecule has 0 saturated heterocycles. The number of carbonyl (C=O) groups is 1. The van der Waals surface area contributed by atoms with Crippen LogP contribution in [0, 0.1) is 0 Å². The molecule has 0 fully saturated rings. The molecule has 2 rings (SSSR count).